The number of pyridine rings is 1. The normalized spacial score (nSPS) is 17.4. The van der Waals surface area contributed by atoms with E-state index in [-0.39, 0.29) is 12.4 Å². The number of nitrogens with zero attached hydrogens (tertiary/aromatic N) is 1. The summed E-state index contributed by atoms with van der Waals surface area (Å²) in [6, 6.07) is 3.96. The van der Waals surface area contributed by atoms with Gasteiger partial charge < -0.3 is 5.32 Å². The molecule has 90 valence electrons. The van der Waals surface area contributed by atoms with Crippen molar-refractivity contribution in [1.29, 1.82) is 0 Å². The number of aromatic nitrogens is 1. The van der Waals surface area contributed by atoms with Crippen molar-refractivity contribution in [2.45, 2.75) is 44.7 Å². The van der Waals surface area contributed by atoms with Gasteiger partial charge in [-0.3, -0.25) is 0 Å². The third-order valence-electron chi connectivity index (χ3n) is 3.48. The molecule has 1 aromatic heterocycles. The lowest BCUT2D eigenvalue weighted by Crippen LogP contribution is -2.49. The van der Waals surface area contributed by atoms with Crippen molar-refractivity contribution in [1.82, 2.24) is 10.3 Å². The molecule has 1 aliphatic carbocycles. The lowest BCUT2D eigenvalue weighted by atomic mass is 9.75. The number of nitrogens with one attached hydrogen (secondary N) is 1. The predicted octanol–water partition coefficient (Wildman–Crippen LogP) is 3.58. The van der Waals surface area contributed by atoms with Crippen LogP contribution in [0.15, 0.2) is 18.3 Å². The van der Waals surface area contributed by atoms with E-state index in [9.17, 15) is 0 Å². The van der Waals surface area contributed by atoms with E-state index < -0.39 is 0 Å². The lowest BCUT2D eigenvalue weighted by Gasteiger charge is -2.42. The van der Waals surface area contributed by atoms with Gasteiger partial charge in [-0.2, -0.15) is 0 Å². The van der Waals surface area contributed by atoms with E-state index in [1.54, 1.807) is 6.20 Å². The fraction of sp³-hybridized carbons (Fsp3) is 0.583. The van der Waals surface area contributed by atoms with Crippen LogP contribution >= 0.6 is 24.0 Å². The highest BCUT2D eigenvalue weighted by Crippen LogP contribution is 2.35. The average Bonchev–Trinajstić information content (AvgIpc) is 2.19. The fourth-order valence-corrected chi connectivity index (χ4v) is 2.28. The summed E-state index contributed by atoms with van der Waals surface area (Å²) in [6.07, 6.45) is 6.86. The molecular formula is C12H18Cl2N2. The number of hydrogen-bond donors (Lipinski definition) is 1. The average molecular weight is 261 g/mol. The topological polar surface area (TPSA) is 24.9 Å². The maximum atomic E-state index is 6.01. The molecule has 1 aliphatic rings. The van der Waals surface area contributed by atoms with Gasteiger partial charge in [0.25, 0.3) is 0 Å². The van der Waals surface area contributed by atoms with E-state index >= 15 is 0 Å². The van der Waals surface area contributed by atoms with Crippen molar-refractivity contribution in [2.75, 3.05) is 0 Å². The largest absolute Gasteiger partial charge is 0.307 e. The minimum atomic E-state index is 0. The minimum absolute atomic E-state index is 0. The summed E-state index contributed by atoms with van der Waals surface area (Å²) in [6.45, 7) is 3.08. The Morgan fingerprint density at radius 3 is 2.75 bits per heavy atom. The monoisotopic (exact) mass is 260 g/mol. The van der Waals surface area contributed by atoms with E-state index in [0.29, 0.717) is 10.7 Å². The van der Waals surface area contributed by atoms with Crippen LogP contribution in [0.2, 0.25) is 5.15 Å². The lowest BCUT2D eigenvalue weighted by molar-refractivity contribution is 0.175. The Kier molecular flexibility index (Phi) is 5.03. The zero-order chi connectivity index (χ0) is 10.7. The van der Waals surface area contributed by atoms with Crippen LogP contribution in [0, 0.1) is 0 Å². The molecule has 1 aromatic rings. The minimum Gasteiger partial charge on any atom is -0.307 e. The second-order valence-corrected chi connectivity index (χ2v) is 4.65. The van der Waals surface area contributed by atoms with Gasteiger partial charge in [-0.05, 0) is 31.7 Å². The molecule has 0 spiro atoms. The highest BCUT2D eigenvalue weighted by molar-refractivity contribution is 6.30. The Morgan fingerprint density at radius 2 is 2.25 bits per heavy atom. The molecule has 2 nitrogen and oxygen atoms in total. The van der Waals surface area contributed by atoms with Crippen molar-refractivity contribution in [3.05, 3.63) is 29.0 Å². The molecular weight excluding hydrogens is 243 g/mol. The smallest absolute Gasteiger partial charge is 0.133 e. The number of hydrogen-bond acceptors (Lipinski definition) is 2. The Balaban J connectivity index is 0.00000128. The summed E-state index contributed by atoms with van der Waals surface area (Å²) in [5.41, 5.74) is 1.47. The zero-order valence-electron chi connectivity index (χ0n) is 9.50. The van der Waals surface area contributed by atoms with Gasteiger partial charge in [-0.15, -0.1) is 12.4 Å². The molecule has 0 radical (unpaired) electrons. The first-order chi connectivity index (χ1) is 7.26. The third-order valence-corrected chi connectivity index (χ3v) is 3.82. The highest BCUT2D eigenvalue weighted by Gasteiger charge is 2.34. The predicted molar refractivity (Wildman–Crippen MR) is 70.2 cm³/mol. The molecule has 1 saturated carbocycles. The second-order valence-electron chi connectivity index (χ2n) is 4.29. The Hall–Kier alpha value is -0.310. The maximum absolute atomic E-state index is 6.01. The van der Waals surface area contributed by atoms with Gasteiger partial charge in [0.2, 0.25) is 0 Å². The Bertz CT molecular complexity index is 332. The summed E-state index contributed by atoms with van der Waals surface area (Å²) in [4.78, 5) is 4.07. The van der Waals surface area contributed by atoms with Gasteiger partial charge in [0, 0.05) is 23.8 Å². The van der Waals surface area contributed by atoms with E-state index in [1.165, 1.54) is 25.7 Å². The van der Waals surface area contributed by atoms with Crippen LogP contribution in [0.4, 0.5) is 0 Å². The first-order valence-corrected chi connectivity index (χ1v) is 5.98. The molecule has 0 bridgehead atoms. The van der Waals surface area contributed by atoms with Gasteiger partial charge in [-0.1, -0.05) is 24.6 Å². The summed E-state index contributed by atoms with van der Waals surface area (Å²) >= 11 is 6.01. The molecule has 16 heavy (non-hydrogen) atoms. The molecule has 4 heteroatoms. The number of rotatable bonds is 4. The third kappa shape index (κ3) is 2.88. The molecule has 0 aliphatic heterocycles. The van der Waals surface area contributed by atoms with Gasteiger partial charge >= 0.3 is 0 Å². The fourth-order valence-electron chi connectivity index (χ4n) is 2.09. The summed E-state index contributed by atoms with van der Waals surface area (Å²) < 4.78 is 0. The van der Waals surface area contributed by atoms with Crippen LogP contribution in [-0.2, 0) is 6.54 Å². The van der Waals surface area contributed by atoms with Crippen molar-refractivity contribution < 1.29 is 0 Å². The quantitative estimate of drug-likeness (QED) is 0.838. The van der Waals surface area contributed by atoms with E-state index in [0.717, 1.165) is 12.1 Å². The van der Waals surface area contributed by atoms with E-state index in [1.807, 2.05) is 12.1 Å². The Labute approximate surface area is 108 Å². The zero-order valence-corrected chi connectivity index (χ0v) is 11.1. The van der Waals surface area contributed by atoms with Gasteiger partial charge in [0.1, 0.15) is 5.15 Å². The summed E-state index contributed by atoms with van der Waals surface area (Å²) in [5, 5.41) is 4.24. The SMILES string of the molecule is CCC1(NCc2cccnc2Cl)CCC1.Cl. The van der Waals surface area contributed by atoms with Crippen LogP contribution in [0.1, 0.15) is 38.2 Å². The molecule has 0 unspecified atom stereocenters. The standard InChI is InChI=1S/C12H17ClN2.ClH/c1-2-12(6-4-7-12)15-9-10-5-3-8-14-11(10)13;/h3,5,8,15H,2,4,6-7,9H2,1H3;1H. The van der Waals surface area contributed by atoms with Crippen LogP contribution < -0.4 is 5.32 Å². The molecule has 0 atom stereocenters. The first-order valence-electron chi connectivity index (χ1n) is 5.60. The molecule has 0 amide bonds. The van der Waals surface area contributed by atoms with Gasteiger partial charge in [0.05, 0.1) is 0 Å². The Morgan fingerprint density at radius 1 is 1.50 bits per heavy atom. The van der Waals surface area contributed by atoms with E-state index in [2.05, 4.69) is 17.2 Å². The van der Waals surface area contributed by atoms with Crippen LogP contribution in [0.25, 0.3) is 0 Å². The molecule has 2 rings (SSSR count). The summed E-state index contributed by atoms with van der Waals surface area (Å²) in [5.74, 6) is 0. The second kappa shape index (κ2) is 5.85. The molecule has 0 aromatic carbocycles. The van der Waals surface area contributed by atoms with Crippen molar-refractivity contribution in [2.24, 2.45) is 0 Å². The van der Waals surface area contributed by atoms with Crippen LogP contribution in [0.3, 0.4) is 0 Å². The summed E-state index contributed by atoms with van der Waals surface area (Å²) in [7, 11) is 0. The molecule has 1 fully saturated rings. The van der Waals surface area contributed by atoms with Crippen LogP contribution in [0.5, 0.6) is 0 Å². The van der Waals surface area contributed by atoms with Gasteiger partial charge in [-0.25, -0.2) is 4.98 Å². The highest BCUT2D eigenvalue weighted by atomic mass is 35.5. The molecule has 1 heterocycles. The van der Waals surface area contributed by atoms with Crippen molar-refractivity contribution in [3.8, 4) is 0 Å². The van der Waals surface area contributed by atoms with Gasteiger partial charge in [0.15, 0.2) is 0 Å². The number of halogens is 2. The van der Waals surface area contributed by atoms with E-state index in [4.69, 9.17) is 11.6 Å². The molecule has 1 N–H and O–H groups in total. The van der Waals surface area contributed by atoms with Crippen molar-refractivity contribution in [3.63, 3.8) is 0 Å². The maximum Gasteiger partial charge on any atom is 0.133 e. The van der Waals surface area contributed by atoms with Crippen molar-refractivity contribution >= 4 is 24.0 Å². The molecule has 0 saturated heterocycles. The first kappa shape index (κ1) is 13.8. The van der Waals surface area contributed by atoms with Crippen LogP contribution in [-0.4, -0.2) is 10.5 Å².